The molecule has 0 bridgehead atoms. The third-order valence-electron chi connectivity index (χ3n) is 2.15. The van der Waals surface area contributed by atoms with Crippen LogP contribution in [0.3, 0.4) is 0 Å². The maximum absolute atomic E-state index is 9.38. The monoisotopic (exact) mass is 203 g/mol. The van der Waals surface area contributed by atoms with Crippen LogP contribution in [0, 0.1) is 5.92 Å². The van der Waals surface area contributed by atoms with Crippen LogP contribution >= 0.6 is 0 Å². The highest BCUT2D eigenvalue weighted by atomic mass is 16.5. The maximum atomic E-state index is 9.38. The van der Waals surface area contributed by atoms with E-state index >= 15 is 0 Å². The van der Waals surface area contributed by atoms with E-state index in [-0.39, 0.29) is 6.10 Å². The fraction of sp³-hybridized carbons (Fsp3) is 1.00. The molecule has 0 spiro atoms. The number of nitrogens with one attached hydrogen (secondary N) is 1. The molecule has 0 heterocycles. The van der Waals surface area contributed by atoms with E-state index in [4.69, 9.17) is 4.74 Å². The molecule has 0 aliphatic heterocycles. The molecule has 0 amide bonds. The highest BCUT2D eigenvalue weighted by molar-refractivity contribution is 4.64. The van der Waals surface area contributed by atoms with E-state index in [0.717, 1.165) is 18.9 Å². The van der Waals surface area contributed by atoms with Gasteiger partial charge in [0.15, 0.2) is 0 Å². The van der Waals surface area contributed by atoms with E-state index in [9.17, 15) is 5.11 Å². The summed E-state index contributed by atoms with van der Waals surface area (Å²) >= 11 is 0. The highest BCUT2D eigenvalue weighted by Crippen LogP contribution is 2.03. The van der Waals surface area contributed by atoms with Crippen molar-refractivity contribution in [2.75, 3.05) is 20.3 Å². The molecule has 2 N–H and O–H groups in total. The van der Waals surface area contributed by atoms with Crippen LogP contribution < -0.4 is 5.32 Å². The molecule has 3 nitrogen and oxygen atoms in total. The van der Waals surface area contributed by atoms with Gasteiger partial charge in [-0.15, -0.1) is 0 Å². The molecule has 86 valence electrons. The number of rotatable bonds is 8. The molecule has 0 aromatic rings. The Kier molecular flexibility index (Phi) is 8.14. The smallest absolute Gasteiger partial charge is 0.0785 e. The Morgan fingerprint density at radius 1 is 1.29 bits per heavy atom. The summed E-state index contributed by atoms with van der Waals surface area (Å²) in [6.07, 6.45) is 1.61. The van der Waals surface area contributed by atoms with Gasteiger partial charge in [-0.2, -0.15) is 0 Å². The fourth-order valence-corrected chi connectivity index (χ4v) is 1.56. The Hall–Kier alpha value is -0.120. The van der Waals surface area contributed by atoms with Crippen LogP contribution in [-0.4, -0.2) is 37.5 Å². The van der Waals surface area contributed by atoms with Gasteiger partial charge in [0, 0.05) is 13.2 Å². The molecule has 0 aliphatic carbocycles. The second kappa shape index (κ2) is 8.21. The van der Waals surface area contributed by atoms with E-state index in [1.54, 1.807) is 7.11 Å². The molecule has 14 heavy (non-hydrogen) atoms. The average molecular weight is 203 g/mol. The maximum Gasteiger partial charge on any atom is 0.0785 e. The van der Waals surface area contributed by atoms with Crippen LogP contribution in [0.25, 0.3) is 0 Å². The summed E-state index contributed by atoms with van der Waals surface area (Å²) < 4.78 is 4.85. The number of hydrogen-bond donors (Lipinski definition) is 2. The van der Waals surface area contributed by atoms with Gasteiger partial charge in [-0.05, 0) is 32.2 Å². The topological polar surface area (TPSA) is 41.5 Å². The summed E-state index contributed by atoms with van der Waals surface area (Å²) in [5.74, 6) is 0.724. The molecule has 0 saturated carbocycles. The summed E-state index contributed by atoms with van der Waals surface area (Å²) in [7, 11) is 1.61. The Balaban J connectivity index is 3.34. The molecule has 0 aromatic heterocycles. The van der Waals surface area contributed by atoms with Gasteiger partial charge in [0.25, 0.3) is 0 Å². The molecule has 2 unspecified atom stereocenters. The minimum atomic E-state index is -0.334. The van der Waals surface area contributed by atoms with Crippen molar-refractivity contribution in [3.8, 4) is 0 Å². The summed E-state index contributed by atoms with van der Waals surface area (Å²) in [6.45, 7) is 7.91. The number of hydrogen-bond acceptors (Lipinski definition) is 3. The van der Waals surface area contributed by atoms with E-state index < -0.39 is 0 Å². The highest BCUT2D eigenvalue weighted by Gasteiger charge is 2.06. The van der Waals surface area contributed by atoms with Crippen molar-refractivity contribution >= 4 is 0 Å². The summed E-state index contributed by atoms with van der Waals surface area (Å²) in [4.78, 5) is 0. The van der Waals surface area contributed by atoms with Crippen LogP contribution in [0.15, 0.2) is 0 Å². The first-order valence-electron chi connectivity index (χ1n) is 5.46. The number of aliphatic hydroxyl groups is 1. The first-order chi connectivity index (χ1) is 6.56. The van der Waals surface area contributed by atoms with E-state index in [0.29, 0.717) is 12.6 Å². The van der Waals surface area contributed by atoms with Crippen LogP contribution in [0.2, 0.25) is 0 Å². The van der Waals surface area contributed by atoms with E-state index in [2.05, 4.69) is 26.1 Å². The number of aliphatic hydroxyl groups excluding tert-OH is 1. The zero-order valence-corrected chi connectivity index (χ0v) is 9.92. The molecule has 0 aromatic carbocycles. The van der Waals surface area contributed by atoms with Crippen LogP contribution in [0.1, 0.15) is 33.6 Å². The normalized spacial score (nSPS) is 15.9. The fourth-order valence-electron chi connectivity index (χ4n) is 1.56. The Labute approximate surface area is 87.8 Å². The second-order valence-electron chi connectivity index (χ2n) is 4.38. The standard InChI is InChI=1S/C11H25NO2/c1-9(2)7-10(3)12-6-5-11(13)8-14-4/h9-13H,5-8H2,1-4H3. The average Bonchev–Trinajstić information content (AvgIpc) is 2.02. The summed E-state index contributed by atoms with van der Waals surface area (Å²) in [6, 6.07) is 0.532. The lowest BCUT2D eigenvalue weighted by molar-refractivity contribution is 0.0589. The zero-order valence-electron chi connectivity index (χ0n) is 9.92. The predicted molar refractivity (Wildman–Crippen MR) is 59.4 cm³/mol. The number of ether oxygens (including phenoxy) is 1. The van der Waals surface area contributed by atoms with Crippen LogP contribution in [0.4, 0.5) is 0 Å². The SMILES string of the molecule is COCC(O)CCNC(C)CC(C)C. The number of methoxy groups -OCH3 is 1. The van der Waals surface area contributed by atoms with E-state index in [1.165, 1.54) is 6.42 Å². The molecule has 0 fully saturated rings. The molecule has 0 radical (unpaired) electrons. The quantitative estimate of drug-likeness (QED) is 0.626. The molecule has 0 rings (SSSR count). The van der Waals surface area contributed by atoms with Crippen molar-refractivity contribution < 1.29 is 9.84 Å². The zero-order chi connectivity index (χ0) is 11.0. The predicted octanol–water partition coefficient (Wildman–Crippen LogP) is 1.41. The van der Waals surface area contributed by atoms with Crippen molar-refractivity contribution in [3.63, 3.8) is 0 Å². The van der Waals surface area contributed by atoms with Gasteiger partial charge >= 0.3 is 0 Å². The van der Waals surface area contributed by atoms with Gasteiger partial charge < -0.3 is 15.2 Å². The van der Waals surface area contributed by atoms with Gasteiger partial charge in [0.05, 0.1) is 12.7 Å². The first kappa shape index (κ1) is 13.9. The minimum absolute atomic E-state index is 0.334. The largest absolute Gasteiger partial charge is 0.391 e. The second-order valence-corrected chi connectivity index (χ2v) is 4.38. The van der Waals surface area contributed by atoms with Gasteiger partial charge in [-0.3, -0.25) is 0 Å². The Morgan fingerprint density at radius 3 is 2.43 bits per heavy atom. The molecular formula is C11H25NO2. The Morgan fingerprint density at radius 2 is 1.93 bits per heavy atom. The van der Waals surface area contributed by atoms with Crippen molar-refractivity contribution in [1.82, 2.24) is 5.32 Å². The van der Waals surface area contributed by atoms with Crippen LogP contribution in [0.5, 0.6) is 0 Å². The van der Waals surface area contributed by atoms with Crippen molar-refractivity contribution in [2.45, 2.75) is 45.8 Å². The van der Waals surface area contributed by atoms with Gasteiger partial charge in [-0.1, -0.05) is 13.8 Å². The molecular weight excluding hydrogens is 178 g/mol. The van der Waals surface area contributed by atoms with Crippen LogP contribution in [-0.2, 0) is 4.74 Å². The van der Waals surface area contributed by atoms with Gasteiger partial charge in [0.1, 0.15) is 0 Å². The lowest BCUT2D eigenvalue weighted by Gasteiger charge is -2.17. The van der Waals surface area contributed by atoms with Crippen molar-refractivity contribution in [3.05, 3.63) is 0 Å². The third kappa shape index (κ3) is 8.48. The molecule has 0 saturated heterocycles. The Bertz CT molecular complexity index is 128. The first-order valence-corrected chi connectivity index (χ1v) is 5.46. The lowest BCUT2D eigenvalue weighted by Crippen LogP contribution is -2.31. The van der Waals surface area contributed by atoms with Crippen molar-refractivity contribution in [1.29, 1.82) is 0 Å². The third-order valence-corrected chi connectivity index (χ3v) is 2.15. The molecule has 2 atom stereocenters. The molecule has 0 aliphatic rings. The van der Waals surface area contributed by atoms with Crippen molar-refractivity contribution in [2.24, 2.45) is 5.92 Å². The minimum Gasteiger partial charge on any atom is -0.391 e. The summed E-state index contributed by atoms with van der Waals surface area (Å²) in [5, 5.41) is 12.8. The lowest BCUT2D eigenvalue weighted by atomic mass is 10.1. The van der Waals surface area contributed by atoms with Gasteiger partial charge in [-0.25, -0.2) is 0 Å². The molecule has 3 heteroatoms. The van der Waals surface area contributed by atoms with Gasteiger partial charge in [0.2, 0.25) is 0 Å². The van der Waals surface area contributed by atoms with E-state index in [1.807, 2.05) is 0 Å². The summed E-state index contributed by atoms with van der Waals surface area (Å²) in [5.41, 5.74) is 0.